The molecule has 9 heteroatoms. The van der Waals surface area contributed by atoms with Gasteiger partial charge in [0.2, 0.25) is 21.9 Å². The highest BCUT2D eigenvalue weighted by Crippen LogP contribution is 2.52. The Kier molecular flexibility index (Phi) is 4.99. The van der Waals surface area contributed by atoms with Crippen LogP contribution >= 0.6 is 0 Å². The van der Waals surface area contributed by atoms with Crippen molar-refractivity contribution in [1.29, 1.82) is 0 Å². The first-order chi connectivity index (χ1) is 15.3. The Bertz CT molecular complexity index is 1320. The standard InChI is InChI=1S/C23H23N5O3S/c1-3-17-6-9-20-21(26-17)22(31-18-11-15-10-16(15)12-18)28-23(27-20)25-13(2)14-4-7-19(8-5-14)32(24,29)30/h1,4-9,13,15-16,18H,10-12H2,2H3,(H2,24,29,30)(H,25,27,28)/t13-,15-,16+,18+/m1/s1. The fraction of sp³-hybridized carbons (Fsp3) is 0.348. The Hall–Kier alpha value is -3.22. The summed E-state index contributed by atoms with van der Waals surface area (Å²) in [7, 11) is -3.73. The average Bonchev–Trinajstić information content (AvgIpc) is 3.38. The van der Waals surface area contributed by atoms with Gasteiger partial charge in [-0.3, -0.25) is 0 Å². The minimum Gasteiger partial charge on any atom is -0.473 e. The van der Waals surface area contributed by atoms with Crippen LogP contribution in [-0.4, -0.2) is 29.5 Å². The van der Waals surface area contributed by atoms with Crippen LogP contribution in [0.4, 0.5) is 5.95 Å². The van der Waals surface area contributed by atoms with Gasteiger partial charge >= 0.3 is 0 Å². The third-order valence-corrected chi connectivity index (χ3v) is 7.12. The maximum atomic E-state index is 11.5. The van der Waals surface area contributed by atoms with Gasteiger partial charge in [-0.05, 0) is 67.9 Å². The molecule has 3 N–H and O–H groups in total. The lowest BCUT2D eigenvalue weighted by molar-refractivity contribution is 0.189. The highest BCUT2D eigenvalue weighted by Gasteiger charge is 2.47. The molecule has 8 nitrogen and oxygen atoms in total. The molecule has 1 aromatic carbocycles. The van der Waals surface area contributed by atoms with Gasteiger partial charge in [0.1, 0.15) is 11.8 Å². The van der Waals surface area contributed by atoms with E-state index in [2.05, 4.69) is 26.2 Å². The van der Waals surface area contributed by atoms with E-state index in [-0.39, 0.29) is 17.0 Å². The number of nitrogens with zero attached hydrogens (tertiary/aromatic N) is 3. The first-order valence-corrected chi connectivity index (χ1v) is 12.1. The summed E-state index contributed by atoms with van der Waals surface area (Å²) in [6.45, 7) is 1.93. The van der Waals surface area contributed by atoms with E-state index >= 15 is 0 Å². The summed E-state index contributed by atoms with van der Waals surface area (Å²) in [5, 5.41) is 8.45. The molecule has 2 heterocycles. The Morgan fingerprint density at radius 2 is 1.81 bits per heavy atom. The molecule has 4 atom stereocenters. The number of ether oxygens (including phenoxy) is 1. The quantitative estimate of drug-likeness (QED) is 0.555. The normalized spacial score (nSPS) is 22.7. The van der Waals surface area contributed by atoms with Crippen LogP contribution in [0.5, 0.6) is 5.88 Å². The minimum absolute atomic E-state index is 0.0658. The zero-order valence-electron chi connectivity index (χ0n) is 17.5. The zero-order chi connectivity index (χ0) is 22.5. The van der Waals surface area contributed by atoms with Gasteiger partial charge in [0.25, 0.3) is 0 Å². The van der Waals surface area contributed by atoms with Crippen molar-refractivity contribution in [2.24, 2.45) is 17.0 Å². The van der Waals surface area contributed by atoms with E-state index in [1.54, 1.807) is 18.2 Å². The Morgan fingerprint density at radius 3 is 2.47 bits per heavy atom. The van der Waals surface area contributed by atoms with Crippen molar-refractivity contribution in [2.75, 3.05) is 5.32 Å². The molecule has 0 radical (unpaired) electrons. The van der Waals surface area contributed by atoms with Crippen LogP contribution in [0.1, 0.15) is 43.5 Å². The van der Waals surface area contributed by atoms with Gasteiger partial charge in [-0.25, -0.2) is 23.5 Å². The number of fused-ring (bicyclic) bond motifs is 2. The van der Waals surface area contributed by atoms with Crippen LogP contribution in [0.15, 0.2) is 41.3 Å². The zero-order valence-corrected chi connectivity index (χ0v) is 18.3. The largest absolute Gasteiger partial charge is 0.473 e. The van der Waals surface area contributed by atoms with Crippen molar-refractivity contribution >= 4 is 27.0 Å². The van der Waals surface area contributed by atoms with E-state index < -0.39 is 10.0 Å². The van der Waals surface area contributed by atoms with E-state index in [0.717, 1.165) is 30.2 Å². The monoisotopic (exact) mass is 449 g/mol. The molecule has 0 unspecified atom stereocenters. The molecule has 0 amide bonds. The molecule has 32 heavy (non-hydrogen) atoms. The van der Waals surface area contributed by atoms with Crippen LogP contribution in [0.2, 0.25) is 0 Å². The molecule has 5 rings (SSSR count). The number of hydrogen-bond acceptors (Lipinski definition) is 7. The van der Waals surface area contributed by atoms with Crippen molar-refractivity contribution in [3.8, 4) is 18.2 Å². The van der Waals surface area contributed by atoms with Crippen molar-refractivity contribution in [3.63, 3.8) is 0 Å². The number of hydrogen-bond donors (Lipinski definition) is 2. The summed E-state index contributed by atoms with van der Waals surface area (Å²) >= 11 is 0. The van der Waals surface area contributed by atoms with E-state index in [4.69, 9.17) is 16.3 Å². The van der Waals surface area contributed by atoms with Gasteiger partial charge in [0, 0.05) is 0 Å². The first kappa shape index (κ1) is 20.7. The summed E-state index contributed by atoms with van der Waals surface area (Å²) in [4.78, 5) is 13.8. The number of aromatic nitrogens is 3. The van der Waals surface area contributed by atoms with E-state index in [9.17, 15) is 8.42 Å². The maximum Gasteiger partial charge on any atom is 0.245 e. The van der Waals surface area contributed by atoms with Gasteiger partial charge in [-0.1, -0.05) is 18.1 Å². The highest BCUT2D eigenvalue weighted by molar-refractivity contribution is 7.89. The fourth-order valence-electron chi connectivity index (χ4n) is 4.35. The molecule has 2 aromatic heterocycles. The number of nitrogens with two attached hydrogens (primary N) is 1. The van der Waals surface area contributed by atoms with Crippen molar-refractivity contribution in [2.45, 2.75) is 43.2 Å². The van der Waals surface area contributed by atoms with Gasteiger partial charge in [-0.2, -0.15) is 4.98 Å². The number of anilines is 1. The summed E-state index contributed by atoms with van der Waals surface area (Å²) in [6, 6.07) is 9.75. The lowest BCUT2D eigenvalue weighted by atomic mass is 10.1. The third kappa shape index (κ3) is 4.11. The molecule has 0 spiro atoms. The van der Waals surface area contributed by atoms with E-state index in [1.807, 2.05) is 13.0 Å². The van der Waals surface area contributed by atoms with Crippen LogP contribution in [-0.2, 0) is 10.0 Å². The van der Waals surface area contributed by atoms with Crippen LogP contribution < -0.4 is 15.2 Å². The van der Waals surface area contributed by atoms with Gasteiger partial charge in [0.05, 0.1) is 16.5 Å². The summed E-state index contributed by atoms with van der Waals surface area (Å²) in [5.41, 5.74) is 2.55. The summed E-state index contributed by atoms with van der Waals surface area (Å²) < 4.78 is 29.2. The molecular weight excluding hydrogens is 426 g/mol. The molecule has 2 fully saturated rings. The van der Waals surface area contributed by atoms with Crippen molar-refractivity contribution in [3.05, 3.63) is 47.7 Å². The second-order valence-corrected chi connectivity index (χ2v) is 10.1. The predicted octanol–water partition coefficient (Wildman–Crippen LogP) is 3.00. The molecule has 0 aliphatic heterocycles. The number of rotatable bonds is 6. The van der Waals surface area contributed by atoms with Crippen LogP contribution in [0, 0.1) is 24.2 Å². The second-order valence-electron chi connectivity index (χ2n) is 8.51. The molecule has 3 aromatic rings. The lowest BCUT2D eigenvalue weighted by Gasteiger charge is -2.18. The van der Waals surface area contributed by atoms with Crippen LogP contribution in [0.3, 0.4) is 0 Å². The predicted molar refractivity (Wildman–Crippen MR) is 120 cm³/mol. The average molecular weight is 450 g/mol. The topological polar surface area (TPSA) is 120 Å². The fourth-order valence-corrected chi connectivity index (χ4v) is 4.87. The molecule has 164 valence electrons. The molecule has 2 aliphatic carbocycles. The van der Waals surface area contributed by atoms with Gasteiger partial charge in [-0.15, -0.1) is 6.42 Å². The molecule has 0 bridgehead atoms. The number of primary sulfonamides is 1. The van der Waals surface area contributed by atoms with Gasteiger partial charge in [0.15, 0.2) is 5.52 Å². The van der Waals surface area contributed by atoms with Crippen molar-refractivity contribution < 1.29 is 13.2 Å². The van der Waals surface area contributed by atoms with Crippen LogP contribution in [0.25, 0.3) is 11.0 Å². The second kappa shape index (κ2) is 7.73. The Morgan fingerprint density at radius 1 is 1.09 bits per heavy atom. The van der Waals surface area contributed by atoms with E-state index in [1.165, 1.54) is 18.6 Å². The molecule has 2 saturated carbocycles. The molecule has 2 aliphatic rings. The number of benzene rings is 1. The smallest absolute Gasteiger partial charge is 0.245 e. The molecule has 0 saturated heterocycles. The maximum absolute atomic E-state index is 11.5. The van der Waals surface area contributed by atoms with E-state index in [0.29, 0.717) is 28.6 Å². The number of nitrogens with one attached hydrogen (secondary N) is 1. The summed E-state index contributed by atoms with van der Waals surface area (Å²) in [5.74, 6) is 4.93. The number of terminal acetylenes is 1. The third-order valence-electron chi connectivity index (χ3n) is 6.19. The highest BCUT2D eigenvalue weighted by atomic mass is 32.2. The number of sulfonamides is 1. The SMILES string of the molecule is C#Cc1ccc2nc(N[C@H](C)c3ccc(S(N)(=O)=O)cc3)nc(O[C@@H]3C[C@@H]4C[C@@H]4C3)c2n1. The molecular formula is C23H23N5O3S. The van der Waals surface area contributed by atoms with Crippen molar-refractivity contribution in [1.82, 2.24) is 15.0 Å². The summed E-state index contributed by atoms with van der Waals surface area (Å²) in [6.07, 6.45) is 9.04. The first-order valence-electron chi connectivity index (χ1n) is 10.5. The number of pyridine rings is 1. The van der Waals surface area contributed by atoms with Gasteiger partial charge < -0.3 is 10.1 Å². The Balaban J connectivity index is 1.43. The minimum atomic E-state index is -3.73. The lowest BCUT2D eigenvalue weighted by Crippen LogP contribution is -2.17. The Labute approximate surface area is 186 Å².